The maximum Gasteiger partial charge on any atom is 0.330 e. The third-order valence-corrected chi connectivity index (χ3v) is 7.78. The van der Waals surface area contributed by atoms with Crippen LogP contribution in [-0.4, -0.2) is 56.7 Å². The summed E-state index contributed by atoms with van der Waals surface area (Å²) >= 11 is 0. The van der Waals surface area contributed by atoms with Gasteiger partial charge in [0.25, 0.3) is 0 Å². The smallest absolute Gasteiger partial charge is 0.330 e. The van der Waals surface area contributed by atoms with Crippen LogP contribution >= 0.6 is 0 Å². The lowest BCUT2D eigenvalue weighted by Crippen LogP contribution is -2.40. The quantitative estimate of drug-likeness (QED) is 0.298. The summed E-state index contributed by atoms with van der Waals surface area (Å²) in [6.45, 7) is 9.86. The highest BCUT2D eigenvalue weighted by Gasteiger charge is 2.26. The highest BCUT2D eigenvalue weighted by Crippen LogP contribution is 2.29. The molecule has 202 valence electrons. The summed E-state index contributed by atoms with van der Waals surface area (Å²) in [6.07, 6.45) is 6.63. The molecule has 0 N–H and O–H groups in total. The summed E-state index contributed by atoms with van der Waals surface area (Å²) in [5.41, 5.74) is 3.13. The van der Waals surface area contributed by atoms with Crippen LogP contribution in [0.25, 0.3) is 11.0 Å². The SMILES string of the molecule is COc1ccc(C)c(OC(CCN2CCC(n3c(=O)n(Cn4cccn4)c4ccccc43)CC2)C(C)C)c1. The number of imidazole rings is 1. The predicted octanol–water partition coefficient (Wildman–Crippen LogP) is 4.95. The molecule has 8 heteroatoms. The van der Waals surface area contributed by atoms with E-state index in [2.05, 4.69) is 36.8 Å². The van der Waals surface area contributed by atoms with Crippen molar-refractivity contribution in [1.82, 2.24) is 23.8 Å². The van der Waals surface area contributed by atoms with Crippen molar-refractivity contribution in [1.29, 1.82) is 0 Å². The minimum absolute atomic E-state index is 0.0436. The number of ether oxygens (including phenoxy) is 2. The number of para-hydroxylation sites is 2. The molecule has 1 aliphatic rings. The molecular formula is C30H39N5O3. The maximum atomic E-state index is 13.6. The van der Waals surface area contributed by atoms with Gasteiger partial charge >= 0.3 is 5.69 Å². The van der Waals surface area contributed by atoms with Crippen molar-refractivity contribution in [2.24, 2.45) is 5.92 Å². The average Bonchev–Trinajstić information content (AvgIpc) is 3.54. The number of piperidine rings is 1. The lowest BCUT2D eigenvalue weighted by Gasteiger charge is -2.34. The number of benzene rings is 2. The summed E-state index contributed by atoms with van der Waals surface area (Å²) in [5, 5.41) is 4.30. The van der Waals surface area contributed by atoms with Crippen LogP contribution in [-0.2, 0) is 6.67 Å². The van der Waals surface area contributed by atoms with Crippen molar-refractivity contribution in [3.05, 3.63) is 77.0 Å². The molecule has 0 spiro atoms. The highest BCUT2D eigenvalue weighted by atomic mass is 16.5. The normalized spacial score (nSPS) is 15.8. The molecule has 2 aromatic carbocycles. The van der Waals surface area contributed by atoms with Gasteiger partial charge in [-0.1, -0.05) is 32.0 Å². The third kappa shape index (κ3) is 5.50. The van der Waals surface area contributed by atoms with Crippen LogP contribution < -0.4 is 15.2 Å². The van der Waals surface area contributed by atoms with Crippen LogP contribution in [0.15, 0.2) is 65.7 Å². The Balaban J connectivity index is 1.24. The molecule has 4 aromatic rings. The second kappa shape index (κ2) is 11.5. The van der Waals surface area contributed by atoms with Crippen molar-refractivity contribution < 1.29 is 9.47 Å². The molecule has 1 fully saturated rings. The topological polar surface area (TPSA) is 66.5 Å². The first-order valence-corrected chi connectivity index (χ1v) is 13.7. The fraction of sp³-hybridized carbons (Fsp3) is 0.467. The zero-order valence-corrected chi connectivity index (χ0v) is 22.9. The van der Waals surface area contributed by atoms with Gasteiger partial charge in [-0.05, 0) is 61.9 Å². The van der Waals surface area contributed by atoms with Crippen molar-refractivity contribution in [2.75, 3.05) is 26.7 Å². The molecule has 1 aliphatic heterocycles. The monoisotopic (exact) mass is 517 g/mol. The Labute approximate surface area is 224 Å². The van der Waals surface area contributed by atoms with Gasteiger partial charge in [0.05, 0.1) is 18.1 Å². The molecule has 8 nitrogen and oxygen atoms in total. The lowest BCUT2D eigenvalue weighted by molar-refractivity contribution is 0.109. The Hall–Kier alpha value is -3.52. The van der Waals surface area contributed by atoms with Gasteiger partial charge in [-0.25, -0.2) is 4.79 Å². The molecule has 5 rings (SSSR count). The van der Waals surface area contributed by atoms with Crippen molar-refractivity contribution >= 4 is 11.0 Å². The first-order chi connectivity index (χ1) is 18.4. The molecule has 0 saturated carbocycles. The van der Waals surface area contributed by atoms with E-state index in [0.717, 1.165) is 67.0 Å². The van der Waals surface area contributed by atoms with Gasteiger partial charge in [-0.3, -0.25) is 13.8 Å². The fourth-order valence-corrected chi connectivity index (χ4v) is 5.49. The molecule has 1 unspecified atom stereocenters. The lowest BCUT2D eigenvalue weighted by atomic mass is 10.0. The number of methoxy groups -OCH3 is 1. The van der Waals surface area contributed by atoms with E-state index in [0.29, 0.717) is 12.6 Å². The second-order valence-electron chi connectivity index (χ2n) is 10.6. The second-order valence-corrected chi connectivity index (χ2v) is 10.6. The molecular weight excluding hydrogens is 478 g/mol. The summed E-state index contributed by atoms with van der Waals surface area (Å²) < 4.78 is 17.5. The largest absolute Gasteiger partial charge is 0.497 e. The molecule has 0 bridgehead atoms. The first-order valence-electron chi connectivity index (χ1n) is 13.7. The standard InChI is InChI=1S/C30H39N5O3/c1-22(2)28(38-29-20-25(37-4)11-10-23(29)3)14-19-32-17-12-24(13-18-32)35-27-9-6-5-8-26(27)34(30(35)36)21-33-16-7-15-31-33/h5-11,15-16,20,22,24,28H,12-14,17-19,21H2,1-4H3. The van der Waals surface area contributed by atoms with E-state index < -0.39 is 0 Å². The van der Waals surface area contributed by atoms with Crippen LogP contribution in [0.4, 0.5) is 0 Å². The highest BCUT2D eigenvalue weighted by molar-refractivity contribution is 5.76. The molecule has 0 aliphatic carbocycles. The zero-order chi connectivity index (χ0) is 26.6. The van der Waals surface area contributed by atoms with E-state index >= 15 is 0 Å². The third-order valence-electron chi connectivity index (χ3n) is 7.78. The molecule has 0 amide bonds. The van der Waals surface area contributed by atoms with E-state index in [1.807, 2.05) is 57.8 Å². The first kappa shape index (κ1) is 26.1. The summed E-state index contributed by atoms with van der Waals surface area (Å²) in [4.78, 5) is 16.1. The van der Waals surface area contributed by atoms with Crippen LogP contribution in [0.2, 0.25) is 0 Å². The predicted molar refractivity (Wildman–Crippen MR) is 150 cm³/mol. The number of nitrogens with zero attached hydrogens (tertiary/aromatic N) is 5. The number of hydrogen-bond acceptors (Lipinski definition) is 5. The van der Waals surface area contributed by atoms with Crippen LogP contribution in [0.5, 0.6) is 11.5 Å². The van der Waals surface area contributed by atoms with Gasteiger partial charge in [0.1, 0.15) is 24.3 Å². The summed E-state index contributed by atoms with van der Waals surface area (Å²) in [7, 11) is 1.68. The number of hydrogen-bond donors (Lipinski definition) is 0. The Morgan fingerprint density at radius 1 is 1.05 bits per heavy atom. The maximum absolute atomic E-state index is 13.6. The van der Waals surface area contributed by atoms with Gasteiger partial charge in [0.15, 0.2) is 0 Å². The van der Waals surface area contributed by atoms with Crippen LogP contribution in [0, 0.1) is 12.8 Å². The zero-order valence-electron chi connectivity index (χ0n) is 22.9. The van der Waals surface area contributed by atoms with E-state index in [1.54, 1.807) is 18.0 Å². The van der Waals surface area contributed by atoms with Gasteiger partial charge in [-0.2, -0.15) is 5.10 Å². The molecule has 3 heterocycles. The molecule has 0 radical (unpaired) electrons. The summed E-state index contributed by atoms with van der Waals surface area (Å²) in [6, 6.07) is 16.2. The minimum atomic E-state index is 0.0436. The van der Waals surface area contributed by atoms with E-state index in [1.165, 1.54) is 0 Å². The Kier molecular flexibility index (Phi) is 7.88. The van der Waals surface area contributed by atoms with E-state index in [4.69, 9.17) is 9.47 Å². The van der Waals surface area contributed by atoms with Gasteiger partial charge in [0, 0.05) is 44.1 Å². The molecule has 2 aromatic heterocycles. The Morgan fingerprint density at radius 3 is 2.50 bits per heavy atom. The van der Waals surface area contributed by atoms with Gasteiger partial charge < -0.3 is 14.4 Å². The fourth-order valence-electron chi connectivity index (χ4n) is 5.49. The Bertz CT molecular complexity index is 1400. The summed E-state index contributed by atoms with van der Waals surface area (Å²) in [5.74, 6) is 2.11. The van der Waals surface area contributed by atoms with Crippen LogP contribution in [0.1, 0.15) is 44.7 Å². The van der Waals surface area contributed by atoms with E-state index in [9.17, 15) is 4.79 Å². The van der Waals surface area contributed by atoms with Crippen molar-refractivity contribution in [3.63, 3.8) is 0 Å². The number of fused-ring (bicyclic) bond motifs is 1. The molecule has 1 atom stereocenters. The number of aryl methyl sites for hydroxylation is 1. The molecule has 1 saturated heterocycles. The van der Waals surface area contributed by atoms with Gasteiger partial charge in [-0.15, -0.1) is 0 Å². The van der Waals surface area contributed by atoms with E-state index in [-0.39, 0.29) is 17.8 Å². The average molecular weight is 518 g/mol. The van der Waals surface area contributed by atoms with Gasteiger partial charge in [0.2, 0.25) is 0 Å². The van der Waals surface area contributed by atoms with Crippen molar-refractivity contribution in [3.8, 4) is 11.5 Å². The van der Waals surface area contributed by atoms with Crippen molar-refractivity contribution in [2.45, 2.75) is 58.8 Å². The minimum Gasteiger partial charge on any atom is -0.497 e. The Morgan fingerprint density at radius 2 is 1.82 bits per heavy atom. The van der Waals surface area contributed by atoms with Crippen LogP contribution in [0.3, 0.4) is 0 Å². The number of aromatic nitrogens is 4. The molecule has 38 heavy (non-hydrogen) atoms. The number of likely N-dealkylation sites (tertiary alicyclic amines) is 1. The number of rotatable bonds is 10.